The first-order valence-electron chi connectivity index (χ1n) is 7.90. The topological polar surface area (TPSA) is 71.4 Å². The van der Waals surface area contributed by atoms with E-state index in [1.807, 2.05) is 24.1 Å². The van der Waals surface area contributed by atoms with E-state index in [0.717, 1.165) is 26.2 Å². The summed E-state index contributed by atoms with van der Waals surface area (Å²) in [5, 5.41) is 6.32. The molecule has 22 heavy (non-hydrogen) atoms. The smallest absolute Gasteiger partial charge is 0.222 e. The summed E-state index contributed by atoms with van der Waals surface area (Å²) in [5.41, 5.74) is 1.17. The molecule has 122 valence electrons. The van der Waals surface area contributed by atoms with E-state index in [9.17, 15) is 4.79 Å². The molecule has 0 aromatic carbocycles. The molecule has 2 aliphatic heterocycles. The Kier molecular flexibility index (Phi) is 4.75. The van der Waals surface area contributed by atoms with E-state index in [4.69, 9.17) is 4.74 Å². The maximum atomic E-state index is 12.1. The summed E-state index contributed by atoms with van der Waals surface area (Å²) in [4.78, 5) is 18.6. The lowest BCUT2D eigenvalue weighted by Gasteiger charge is -2.27. The highest BCUT2D eigenvalue weighted by Gasteiger charge is 2.34. The molecule has 2 N–H and O–H groups in total. The number of carbonyl (C=O) groups excluding carboxylic acids is 1. The van der Waals surface area contributed by atoms with E-state index >= 15 is 0 Å². The van der Waals surface area contributed by atoms with Gasteiger partial charge in [-0.15, -0.1) is 0 Å². The SMILES string of the molecule is CN1C[C@@H](NC(=O)CCOC2CNC2)[C@H](c2cncn2C)C1. The van der Waals surface area contributed by atoms with Crippen LogP contribution in [-0.2, 0) is 16.6 Å². The van der Waals surface area contributed by atoms with Crippen molar-refractivity contribution < 1.29 is 9.53 Å². The maximum Gasteiger partial charge on any atom is 0.222 e. The first-order chi connectivity index (χ1) is 10.6. The van der Waals surface area contributed by atoms with E-state index < -0.39 is 0 Å². The van der Waals surface area contributed by atoms with Crippen molar-refractivity contribution in [1.82, 2.24) is 25.1 Å². The molecule has 0 unspecified atom stereocenters. The second-order valence-corrected chi connectivity index (χ2v) is 6.33. The van der Waals surface area contributed by atoms with Crippen LogP contribution < -0.4 is 10.6 Å². The van der Waals surface area contributed by atoms with Crippen molar-refractivity contribution in [3.63, 3.8) is 0 Å². The predicted octanol–water partition coefficient (Wildman–Crippen LogP) is -0.688. The molecular weight excluding hydrogens is 282 g/mol. The molecule has 0 aliphatic carbocycles. The summed E-state index contributed by atoms with van der Waals surface area (Å²) in [6.45, 7) is 4.11. The molecule has 0 radical (unpaired) electrons. The van der Waals surface area contributed by atoms with Crippen LogP contribution in [0, 0.1) is 0 Å². The van der Waals surface area contributed by atoms with Gasteiger partial charge < -0.3 is 24.8 Å². The van der Waals surface area contributed by atoms with E-state index in [-0.39, 0.29) is 18.1 Å². The van der Waals surface area contributed by atoms with Gasteiger partial charge in [0, 0.05) is 57.5 Å². The molecule has 3 rings (SSSR count). The van der Waals surface area contributed by atoms with Crippen LogP contribution in [0.5, 0.6) is 0 Å². The zero-order valence-electron chi connectivity index (χ0n) is 13.3. The number of aromatic nitrogens is 2. The number of amides is 1. The van der Waals surface area contributed by atoms with E-state index in [1.54, 1.807) is 0 Å². The van der Waals surface area contributed by atoms with Gasteiger partial charge in [-0.2, -0.15) is 0 Å². The van der Waals surface area contributed by atoms with Gasteiger partial charge in [0.15, 0.2) is 0 Å². The van der Waals surface area contributed by atoms with Crippen molar-refractivity contribution >= 4 is 5.91 Å². The minimum atomic E-state index is 0.0692. The second kappa shape index (κ2) is 6.76. The predicted molar refractivity (Wildman–Crippen MR) is 82.6 cm³/mol. The zero-order valence-corrected chi connectivity index (χ0v) is 13.3. The molecule has 3 heterocycles. The molecule has 7 nitrogen and oxygen atoms in total. The van der Waals surface area contributed by atoms with Crippen LogP contribution in [0.1, 0.15) is 18.0 Å². The minimum Gasteiger partial charge on any atom is -0.375 e. The fraction of sp³-hybridized carbons (Fsp3) is 0.733. The van der Waals surface area contributed by atoms with Crippen LogP contribution in [0.15, 0.2) is 12.5 Å². The summed E-state index contributed by atoms with van der Waals surface area (Å²) >= 11 is 0. The largest absolute Gasteiger partial charge is 0.375 e. The average molecular weight is 307 g/mol. The van der Waals surface area contributed by atoms with Gasteiger partial charge in [-0.05, 0) is 7.05 Å². The lowest BCUT2D eigenvalue weighted by molar-refractivity contribution is -0.123. The molecule has 0 saturated carbocycles. The van der Waals surface area contributed by atoms with Crippen molar-refractivity contribution in [3.8, 4) is 0 Å². The van der Waals surface area contributed by atoms with Gasteiger partial charge in [-0.25, -0.2) is 4.98 Å². The highest BCUT2D eigenvalue weighted by molar-refractivity contribution is 5.76. The monoisotopic (exact) mass is 307 g/mol. The van der Waals surface area contributed by atoms with Crippen LogP contribution in [0.3, 0.4) is 0 Å². The second-order valence-electron chi connectivity index (χ2n) is 6.33. The van der Waals surface area contributed by atoms with Crippen molar-refractivity contribution in [2.45, 2.75) is 24.5 Å². The van der Waals surface area contributed by atoms with E-state index in [0.29, 0.717) is 18.9 Å². The minimum absolute atomic E-state index is 0.0692. The normalized spacial score (nSPS) is 26.1. The van der Waals surface area contributed by atoms with Crippen molar-refractivity contribution in [3.05, 3.63) is 18.2 Å². The number of hydrogen-bond donors (Lipinski definition) is 2. The van der Waals surface area contributed by atoms with Gasteiger partial charge in [-0.1, -0.05) is 0 Å². The quantitative estimate of drug-likeness (QED) is 0.728. The third kappa shape index (κ3) is 3.48. The highest BCUT2D eigenvalue weighted by Crippen LogP contribution is 2.26. The summed E-state index contributed by atoms with van der Waals surface area (Å²) in [6, 6.07) is 0.137. The Bertz CT molecular complexity index is 514. The Morgan fingerprint density at radius 2 is 2.27 bits per heavy atom. The number of hydrogen-bond acceptors (Lipinski definition) is 5. The maximum absolute atomic E-state index is 12.1. The average Bonchev–Trinajstić information content (AvgIpc) is 2.98. The molecule has 7 heteroatoms. The number of likely N-dealkylation sites (tertiary alicyclic amines) is 1. The number of imidazole rings is 1. The van der Waals surface area contributed by atoms with Gasteiger partial charge in [-0.3, -0.25) is 4.79 Å². The third-order valence-corrected chi connectivity index (χ3v) is 4.51. The van der Waals surface area contributed by atoms with E-state index in [2.05, 4.69) is 27.6 Å². The molecule has 2 saturated heterocycles. The Labute approximate surface area is 131 Å². The lowest BCUT2D eigenvalue weighted by atomic mass is 10.00. The van der Waals surface area contributed by atoms with Crippen LogP contribution in [0.2, 0.25) is 0 Å². The molecular formula is C15H25N5O2. The number of rotatable bonds is 6. The van der Waals surface area contributed by atoms with Crippen molar-refractivity contribution in [2.24, 2.45) is 7.05 Å². The van der Waals surface area contributed by atoms with Gasteiger partial charge in [0.25, 0.3) is 0 Å². The number of ether oxygens (including phenoxy) is 1. The van der Waals surface area contributed by atoms with Gasteiger partial charge in [0.1, 0.15) is 0 Å². The fourth-order valence-corrected chi connectivity index (χ4v) is 3.15. The molecule has 1 aromatic heterocycles. The fourth-order valence-electron chi connectivity index (χ4n) is 3.15. The standard InChI is InChI=1S/C15H25N5O2/c1-19-8-12(14-7-17-10-20(14)2)13(9-19)18-15(21)3-4-22-11-5-16-6-11/h7,10-13,16H,3-6,8-9H2,1-2H3,(H,18,21)/t12-,13-/m1/s1. The first-order valence-corrected chi connectivity index (χ1v) is 7.90. The zero-order chi connectivity index (χ0) is 15.5. The van der Waals surface area contributed by atoms with E-state index in [1.165, 1.54) is 5.69 Å². The van der Waals surface area contributed by atoms with Crippen molar-refractivity contribution in [2.75, 3.05) is 39.8 Å². The molecule has 1 aromatic rings. The Morgan fingerprint density at radius 3 is 2.91 bits per heavy atom. The number of nitrogens with one attached hydrogen (secondary N) is 2. The lowest BCUT2D eigenvalue weighted by Crippen LogP contribution is -2.49. The Balaban J connectivity index is 1.51. The van der Waals surface area contributed by atoms with Crippen LogP contribution in [0.4, 0.5) is 0 Å². The summed E-state index contributed by atoms with van der Waals surface area (Å²) in [6.07, 6.45) is 4.42. The molecule has 2 fully saturated rings. The summed E-state index contributed by atoms with van der Waals surface area (Å²) < 4.78 is 7.64. The molecule has 2 aliphatic rings. The molecule has 0 spiro atoms. The number of aryl methyl sites for hydroxylation is 1. The van der Waals surface area contributed by atoms with Crippen molar-refractivity contribution in [1.29, 1.82) is 0 Å². The first kappa shape index (κ1) is 15.5. The summed E-state index contributed by atoms with van der Waals surface area (Å²) in [5.74, 6) is 0.359. The van der Waals surface area contributed by atoms with Crippen LogP contribution in [0.25, 0.3) is 0 Å². The Morgan fingerprint density at radius 1 is 1.45 bits per heavy atom. The van der Waals surface area contributed by atoms with Gasteiger partial charge in [0.05, 0.1) is 25.1 Å². The van der Waals surface area contributed by atoms with Crippen LogP contribution >= 0.6 is 0 Å². The molecule has 0 bridgehead atoms. The number of nitrogens with zero attached hydrogens (tertiary/aromatic N) is 3. The molecule has 2 atom stereocenters. The molecule has 1 amide bonds. The highest BCUT2D eigenvalue weighted by atomic mass is 16.5. The number of likely N-dealkylation sites (N-methyl/N-ethyl adjacent to an activating group) is 1. The Hall–Kier alpha value is -1.44. The summed E-state index contributed by atoms with van der Waals surface area (Å²) in [7, 11) is 4.09. The number of carbonyl (C=O) groups is 1. The van der Waals surface area contributed by atoms with Gasteiger partial charge >= 0.3 is 0 Å². The third-order valence-electron chi connectivity index (χ3n) is 4.51. The van der Waals surface area contributed by atoms with Crippen LogP contribution in [-0.4, -0.2) is 72.3 Å². The van der Waals surface area contributed by atoms with Gasteiger partial charge in [0.2, 0.25) is 5.91 Å².